The summed E-state index contributed by atoms with van der Waals surface area (Å²) in [6.45, 7) is 3.48. The highest BCUT2D eigenvalue weighted by Gasteiger charge is 2.35. The Labute approximate surface area is 280 Å². The Morgan fingerprint density at radius 2 is 1.72 bits per heavy atom. The number of thiazole rings is 1. The number of fused-ring (bicyclic) bond motifs is 1. The number of rotatable bonds is 10. The first kappa shape index (κ1) is 33.6. The minimum atomic E-state index is -4.26. The predicted octanol–water partition coefficient (Wildman–Crippen LogP) is 4.25. The minimum Gasteiger partial charge on any atom is -0.493 e. The van der Waals surface area contributed by atoms with E-state index in [2.05, 4.69) is 20.9 Å². The molecule has 0 spiro atoms. The number of hydrogen-bond donors (Lipinski definition) is 0. The van der Waals surface area contributed by atoms with Crippen LogP contribution >= 0.6 is 27.3 Å². The molecule has 0 saturated heterocycles. The molecule has 0 N–H and O–H groups in total. The first-order valence-corrected chi connectivity index (χ1v) is 16.8. The molecule has 244 valence electrons. The maximum Gasteiger partial charge on any atom is 0.339 e. The highest BCUT2D eigenvalue weighted by atomic mass is 79.9. The zero-order valence-electron chi connectivity index (χ0n) is 25.3. The minimum absolute atomic E-state index is 0.00466. The van der Waals surface area contributed by atoms with E-state index in [9.17, 15) is 28.1 Å². The molecule has 0 aliphatic carbocycles. The molecule has 16 heteroatoms. The van der Waals surface area contributed by atoms with Crippen LogP contribution in [0, 0.1) is 10.1 Å². The maximum absolute atomic E-state index is 14.0. The number of methoxy groups -OCH3 is 2. The van der Waals surface area contributed by atoms with Crippen LogP contribution in [0.4, 0.5) is 5.69 Å². The number of aromatic nitrogens is 1. The number of ether oxygens (including phenoxy) is 3. The standard InChI is InChI=1S/C31H26BrN3O10S2/c1-5-44-30(37)27-17(2)33-31-34(28(27)22-15-24(42-3)25(43-4)16-23(22)32)29(36)26(46-31)14-18-6-10-20(11-7-18)45-47(40,41)21-12-8-19(9-13-21)35(38)39/h6-16,28H,5H2,1-4H3/b26-14-/t28-/m1/s1. The van der Waals surface area contributed by atoms with Gasteiger partial charge in [-0.1, -0.05) is 39.4 Å². The van der Waals surface area contributed by atoms with Crippen molar-refractivity contribution in [1.82, 2.24) is 4.57 Å². The first-order valence-electron chi connectivity index (χ1n) is 13.8. The first-order chi connectivity index (χ1) is 22.4. The summed E-state index contributed by atoms with van der Waals surface area (Å²) in [4.78, 5) is 42.2. The summed E-state index contributed by atoms with van der Waals surface area (Å²) in [5.74, 6) is 0.217. The maximum atomic E-state index is 14.0. The Balaban J connectivity index is 1.54. The van der Waals surface area contributed by atoms with Crippen LogP contribution in [0.5, 0.6) is 17.2 Å². The van der Waals surface area contributed by atoms with Crippen molar-refractivity contribution in [2.24, 2.45) is 4.99 Å². The molecule has 0 saturated carbocycles. The van der Waals surface area contributed by atoms with Crippen molar-refractivity contribution < 1.29 is 36.5 Å². The molecule has 5 rings (SSSR count). The Bertz CT molecular complexity index is 2210. The number of halogens is 1. The second-order valence-corrected chi connectivity index (χ2v) is 13.3. The number of hydrogen-bond acceptors (Lipinski definition) is 12. The molecule has 4 aromatic rings. The summed E-state index contributed by atoms with van der Waals surface area (Å²) in [5.41, 5.74) is 1.00. The molecule has 1 aliphatic rings. The number of nitro groups is 1. The molecular formula is C31H26BrN3O10S2. The van der Waals surface area contributed by atoms with E-state index in [1.54, 1.807) is 44.2 Å². The average molecular weight is 745 g/mol. The van der Waals surface area contributed by atoms with Gasteiger partial charge in [-0.3, -0.25) is 19.5 Å². The van der Waals surface area contributed by atoms with Gasteiger partial charge < -0.3 is 18.4 Å². The molecule has 0 fully saturated rings. The van der Waals surface area contributed by atoms with Gasteiger partial charge in [0.2, 0.25) is 0 Å². The molecular weight excluding hydrogens is 718 g/mol. The third-order valence-corrected chi connectivity index (χ3v) is 9.97. The Kier molecular flexibility index (Phi) is 9.65. The van der Waals surface area contributed by atoms with Gasteiger partial charge in [-0.2, -0.15) is 8.42 Å². The molecule has 1 atom stereocenters. The second kappa shape index (κ2) is 13.5. The molecule has 2 heterocycles. The van der Waals surface area contributed by atoms with Gasteiger partial charge in [0.25, 0.3) is 11.2 Å². The lowest BCUT2D eigenvalue weighted by Gasteiger charge is -2.26. The zero-order chi connectivity index (χ0) is 34.0. The fourth-order valence-electron chi connectivity index (χ4n) is 4.85. The normalized spacial score (nSPS) is 14.7. The summed E-state index contributed by atoms with van der Waals surface area (Å²) in [6.07, 6.45) is 1.61. The average Bonchev–Trinajstić information content (AvgIpc) is 3.34. The lowest BCUT2D eigenvalue weighted by Crippen LogP contribution is -2.40. The van der Waals surface area contributed by atoms with Gasteiger partial charge in [-0.15, -0.1) is 0 Å². The summed E-state index contributed by atoms with van der Waals surface area (Å²) >= 11 is 4.69. The summed E-state index contributed by atoms with van der Waals surface area (Å²) in [7, 11) is -1.28. The fraction of sp³-hybridized carbons (Fsp3) is 0.194. The van der Waals surface area contributed by atoms with Gasteiger partial charge in [0.15, 0.2) is 16.3 Å². The third kappa shape index (κ3) is 6.70. The van der Waals surface area contributed by atoms with Crippen LogP contribution in [0.1, 0.15) is 31.0 Å². The van der Waals surface area contributed by atoms with Crippen molar-refractivity contribution in [1.29, 1.82) is 0 Å². The Morgan fingerprint density at radius 1 is 1.09 bits per heavy atom. The number of benzene rings is 3. The van der Waals surface area contributed by atoms with E-state index in [1.807, 2.05) is 0 Å². The molecule has 13 nitrogen and oxygen atoms in total. The van der Waals surface area contributed by atoms with Crippen molar-refractivity contribution >= 4 is 55.1 Å². The van der Waals surface area contributed by atoms with Crippen molar-refractivity contribution in [2.45, 2.75) is 24.8 Å². The van der Waals surface area contributed by atoms with Crippen molar-refractivity contribution in [3.8, 4) is 17.2 Å². The SMILES string of the molecule is CCOC(=O)C1=C(C)N=c2s/c(=C\c3ccc(OS(=O)(=O)c4ccc([N+](=O)[O-])cc4)cc3)c(=O)n2[C@@H]1c1cc(OC)c(OC)cc1Br. The number of nitro benzene ring substituents is 1. The number of carbonyl (C=O) groups excluding carboxylic acids is 1. The highest BCUT2D eigenvalue weighted by molar-refractivity contribution is 9.10. The lowest BCUT2D eigenvalue weighted by molar-refractivity contribution is -0.384. The molecule has 1 aliphatic heterocycles. The number of esters is 1. The largest absolute Gasteiger partial charge is 0.493 e. The molecule has 47 heavy (non-hydrogen) atoms. The van der Waals surface area contributed by atoms with Gasteiger partial charge in [0, 0.05) is 16.6 Å². The van der Waals surface area contributed by atoms with E-state index in [-0.39, 0.29) is 28.5 Å². The second-order valence-electron chi connectivity index (χ2n) is 9.89. The van der Waals surface area contributed by atoms with E-state index >= 15 is 0 Å². The predicted molar refractivity (Wildman–Crippen MR) is 175 cm³/mol. The van der Waals surface area contributed by atoms with E-state index in [1.165, 1.54) is 30.9 Å². The molecule has 3 aromatic carbocycles. The molecule has 0 unspecified atom stereocenters. The van der Waals surface area contributed by atoms with Crippen LogP contribution in [0.15, 0.2) is 91.1 Å². The monoisotopic (exact) mass is 743 g/mol. The van der Waals surface area contributed by atoms with Crippen LogP contribution in [-0.4, -0.2) is 44.7 Å². The van der Waals surface area contributed by atoms with Gasteiger partial charge >= 0.3 is 16.1 Å². The molecule has 0 radical (unpaired) electrons. The fourth-order valence-corrected chi connectivity index (χ4v) is 7.36. The van der Waals surface area contributed by atoms with E-state index < -0.39 is 32.6 Å². The number of carbonyl (C=O) groups is 1. The van der Waals surface area contributed by atoms with Gasteiger partial charge in [-0.05, 0) is 67.4 Å². The van der Waals surface area contributed by atoms with Gasteiger partial charge in [0.05, 0.1) is 47.6 Å². The number of allylic oxidation sites excluding steroid dienone is 1. The van der Waals surface area contributed by atoms with Crippen LogP contribution in [0.25, 0.3) is 6.08 Å². The smallest absolute Gasteiger partial charge is 0.339 e. The molecule has 1 aromatic heterocycles. The van der Waals surface area contributed by atoms with Crippen LogP contribution < -0.4 is 28.5 Å². The Hall–Kier alpha value is -4.80. The van der Waals surface area contributed by atoms with Crippen LogP contribution in [0.2, 0.25) is 0 Å². The van der Waals surface area contributed by atoms with Crippen molar-refractivity contribution in [2.75, 3.05) is 20.8 Å². The highest BCUT2D eigenvalue weighted by Crippen LogP contribution is 2.40. The van der Waals surface area contributed by atoms with Gasteiger partial charge in [0.1, 0.15) is 10.6 Å². The number of non-ortho nitro benzene ring substituents is 1. The quantitative estimate of drug-likeness (QED) is 0.0992. The summed E-state index contributed by atoms with van der Waals surface area (Å²) < 4.78 is 49.2. The summed E-state index contributed by atoms with van der Waals surface area (Å²) in [5, 5.41) is 10.9. The van der Waals surface area contributed by atoms with Crippen molar-refractivity contribution in [3.63, 3.8) is 0 Å². The van der Waals surface area contributed by atoms with Crippen molar-refractivity contribution in [3.05, 3.63) is 117 Å². The number of nitrogens with zero attached hydrogens (tertiary/aromatic N) is 3. The van der Waals surface area contributed by atoms with Gasteiger partial charge in [-0.25, -0.2) is 9.79 Å². The topological polar surface area (TPSA) is 166 Å². The zero-order valence-corrected chi connectivity index (χ0v) is 28.5. The lowest BCUT2D eigenvalue weighted by atomic mass is 9.95. The summed E-state index contributed by atoms with van der Waals surface area (Å²) in [6, 6.07) is 12.7. The van der Waals surface area contributed by atoms with E-state index in [0.717, 1.165) is 35.6 Å². The van der Waals surface area contributed by atoms with Crippen LogP contribution in [-0.2, 0) is 19.6 Å². The van der Waals surface area contributed by atoms with Crippen LogP contribution in [0.3, 0.4) is 0 Å². The molecule has 0 amide bonds. The molecule has 0 bridgehead atoms. The Morgan fingerprint density at radius 3 is 2.32 bits per heavy atom. The van der Waals surface area contributed by atoms with E-state index in [0.29, 0.717) is 42.1 Å². The third-order valence-electron chi connectivity index (χ3n) is 7.03. The van der Waals surface area contributed by atoms with E-state index in [4.69, 9.17) is 18.4 Å².